The lowest BCUT2D eigenvalue weighted by Gasteiger charge is -2.24. The molecule has 0 atom stereocenters. The molecule has 3 aromatic rings. The topological polar surface area (TPSA) is 66.5 Å². The summed E-state index contributed by atoms with van der Waals surface area (Å²) in [4.78, 5) is 12.6. The number of sulfonamides is 1. The number of anilines is 2. The molecule has 1 amide bonds. The molecule has 29 heavy (non-hydrogen) atoms. The summed E-state index contributed by atoms with van der Waals surface area (Å²) >= 11 is 17.7. The molecule has 9 heteroatoms. The average molecular weight is 470 g/mol. The summed E-state index contributed by atoms with van der Waals surface area (Å²) in [6.45, 7) is -0.450. The molecular formula is C20H15Cl3N2O3S. The molecular weight excluding hydrogens is 455 g/mol. The summed E-state index contributed by atoms with van der Waals surface area (Å²) in [6, 6.07) is 18.5. The van der Waals surface area contributed by atoms with Gasteiger partial charge in [0.15, 0.2) is 0 Å². The second-order valence-electron chi connectivity index (χ2n) is 6.00. The van der Waals surface area contributed by atoms with Gasteiger partial charge in [-0.15, -0.1) is 0 Å². The van der Waals surface area contributed by atoms with E-state index in [4.69, 9.17) is 34.8 Å². The molecule has 0 heterocycles. The maximum Gasteiger partial charge on any atom is 0.264 e. The number of hydrogen-bond donors (Lipinski definition) is 1. The fraction of sp³-hybridized carbons (Fsp3) is 0.0500. The molecule has 0 spiro atoms. The summed E-state index contributed by atoms with van der Waals surface area (Å²) in [6.07, 6.45) is 0. The largest absolute Gasteiger partial charge is 0.325 e. The molecule has 3 rings (SSSR count). The van der Waals surface area contributed by atoms with Crippen LogP contribution in [-0.2, 0) is 14.8 Å². The van der Waals surface area contributed by atoms with Crippen molar-refractivity contribution in [2.45, 2.75) is 4.90 Å². The number of halogens is 3. The van der Waals surface area contributed by atoms with Gasteiger partial charge in [0.1, 0.15) is 6.54 Å². The molecule has 0 aliphatic rings. The molecule has 0 aromatic heterocycles. The predicted molar refractivity (Wildman–Crippen MR) is 118 cm³/mol. The summed E-state index contributed by atoms with van der Waals surface area (Å²) in [5.74, 6) is -0.523. The number of carbonyl (C=O) groups excluding carboxylic acids is 1. The third-order valence-electron chi connectivity index (χ3n) is 3.91. The first-order chi connectivity index (χ1) is 13.8. The Morgan fingerprint density at radius 2 is 1.41 bits per heavy atom. The van der Waals surface area contributed by atoms with Gasteiger partial charge in [0, 0.05) is 20.8 Å². The van der Waals surface area contributed by atoms with E-state index in [2.05, 4.69) is 5.32 Å². The zero-order valence-corrected chi connectivity index (χ0v) is 17.9. The van der Waals surface area contributed by atoms with Gasteiger partial charge in [0.25, 0.3) is 10.0 Å². The first-order valence-electron chi connectivity index (χ1n) is 8.35. The predicted octanol–water partition coefficient (Wildman–Crippen LogP) is 5.48. The summed E-state index contributed by atoms with van der Waals surface area (Å²) in [5.41, 5.74) is 0.757. The minimum Gasteiger partial charge on any atom is -0.325 e. The van der Waals surface area contributed by atoms with Crippen molar-refractivity contribution in [3.8, 4) is 0 Å². The number of benzene rings is 3. The molecule has 0 aliphatic carbocycles. The lowest BCUT2D eigenvalue weighted by molar-refractivity contribution is -0.114. The van der Waals surface area contributed by atoms with Crippen LogP contribution in [0.1, 0.15) is 0 Å². The Morgan fingerprint density at radius 3 is 2.00 bits per heavy atom. The van der Waals surface area contributed by atoms with Gasteiger partial charge in [0.2, 0.25) is 5.91 Å². The molecule has 150 valence electrons. The van der Waals surface area contributed by atoms with Crippen LogP contribution >= 0.6 is 34.8 Å². The molecule has 0 unspecified atom stereocenters. The normalized spacial score (nSPS) is 11.1. The quantitative estimate of drug-likeness (QED) is 0.520. The third kappa shape index (κ3) is 5.42. The number of hydrogen-bond acceptors (Lipinski definition) is 3. The smallest absolute Gasteiger partial charge is 0.264 e. The Bertz CT molecular complexity index is 1120. The Kier molecular flexibility index (Phi) is 6.70. The van der Waals surface area contributed by atoms with Crippen molar-refractivity contribution in [2.24, 2.45) is 0 Å². The maximum absolute atomic E-state index is 13.2. The second kappa shape index (κ2) is 9.05. The van der Waals surface area contributed by atoms with E-state index in [1.807, 2.05) is 0 Å². The fourth-order valence-corrected chi connectivity index (χ4v) is 4.39. The van der Waals surface area contributed by atoms with E-state index in [1.54, 1.807) is 42.5 Å². The van der Waals surface area contributed by atoms with Gasteiger partial charge in [0.05, 0.1) is 10.6 Å². The van der Waals surface area contributed by atoms with Gasteiger partial charge in [-0.05, 0) is 66.7 Å². The number of amides is 1. The fourth-order valence-electron chi connectivity index (χ4n) is 2.54. The van der Waals surface area contributed by atoms with Crippen molar-refractivity contribution in [3.05, 3.63) is 87.9 Å². The highest BCUT2D eigenvalue weighted by Crippen LogP contribution is 2.27. The van der Waals surface area contributed by atoms with E-state index in [-0.39, 0.29) is 10.6 Å². The SMILES string of the molecule is O=C(CN(c1cccc(Cl)c1)S(=O)(=O)c1ccc(Cl)cc1)Nc1ccc(Cl)cc1. The van der Waals surface area contributed by atoms with Crippen LogP contribution in [-0.4, -0.2) is 20.9 Å². The van der Waals surface area contributed by atoms with Crippen molar-refractivity contribution in [1.82, 2.24) is 0 Å². The molecule has 0 saturated heterocycles. The van der Waals surface area contributed by atoms with Gasteiger partial charge in [-0.25, -0.2) is 8.42 Å². The molecule has 0 aliphatic heterocycles. The van der Waals surface area contributed by atoms with Crippen LogP contribution in [0.4, 0.5) is 11.4 Å². The Hall–Kier alpha value is -2.25. The third-order valence-corrected chi connectivity index (χ3v) is 6.44. The van der Waals surface area contributed by atoms with Crippen molar-refractivity contribution in [3.63, 3.8) is 0 Å². The van der Waals surface area contributed by atoms with Gasteiger partial charge in [-0.3, -0.25) is 9.10 Å². The molecule has 1 N–H and O–H groups in total. The van der Waals surface area contributed by atoms with Crippen molar-refractivity contribution < 1.29 is 13.2 Å². The van der Waals surface area contributed by atoms with E-state index < -0.39 is 22.5 Å². The molecule has 0 radical (unpaired) electrons. The van der Waals surface area contributed by atoms with Crippen molar-refractivity contribution >= 4 is 62.1 Å². The number of rotatable bonds is 6. The van der Waals surface area contributed by atoms with Crippen LogP contribution < -0.4 is 9.62 Å². The minimum absolute atomic E-state index is 0.00108. The lowest BCUT2D eigenvalue weighted by atomic mass is 10.3. The molecule has 3 aromatic carbocycles. The van der Waals surface area contributed by atoms with E-state index in [9.17, 15) is 13.2 Å². The molecule has 5 nitrogen and oxygen atoms in total. The Labute approximate surface area is 183 Å². The first-order valence-corrected chi connectivity index (χ1v) is 10.9. The highest BCUT2D eigenvalue weighted by atomic mass is 35.5. The Morgan fingerprint density at radius 1 is 0.828 bits per heavy atom. The zero-order chi connectivity index (χ0) is 21.0. The highest BCUT2D eigenvalue weighted by molar-refractivity contribution is 7.92. The highest BCUT2D eigenvalue weighted by Gasteiger charge is 2.27. The average Bonchev–Trinajstić information content (AvgIpc) is 2.68. The van der Waals surface area contributed by atoms with Crippen LogP contribution in [0.5, 0.6) is 0 Å². The van der Waals surface area contributed by atoms with Crippen molar-refractivity contribution in [2.75, 3.05) is 16.2 Å². The summed E-state index contributed by atoms with van der Waals surface area (Å²) < 4.78 is 27.5. The van der Waals surface area contributed by atoms with Crippen LogP contribution in [0.2, 0.25) is 15.1 Å². The van der Waals surface area contributed by atoms with E-state index in [1.165, 1.54) is 30.3 Å². The van der Waals surface area contributed by atoms with Gasteiger partial charge in [-0.2, -0.15) is 0 Å². The van der Waals surface area contributed by atoms with Crippen molar-refractivity contribution in [1.29, 1.82) is 0 Å². The van der Waals surface area contributed by atoms with Gasteiger partial charge in [-0.1, -0.05) is 40.9 Å². The number of nitrogens with zero attached hydrogens (tertiary/aromatic N) is 1. The maximum atomic E-state index is 13.2. The zero-order valence-electron chi connectivity index (χ0n) is 14.8. The summed E-state index contributed by atoms with van der Waals surface area (Å²) in [7, 11) is -4.05. The minimum atomic E-state index is -4.05. The summed E-state index contributed by atoms with van der Waals surface area (Å²) in [5, 5.41) is 3.93. The molecule has 0 saturated carbocycles. The van der Waals surface area contributed by atoms with Crippen LogP contribution in [0.15, 0.2) is 77.7 Å². The van der Waals surface area contributed by atoms with E-state index in [0.717, 1.165) is 4.31 Å². The van der Waals surface area contributed by atoms with E-state index in [0.29, 0.717) is 20.8 Å². The van der Waals surface area contributed by atoms with Crippen LogP contribution in [0.25, 0.3) is 0 Å². The van der Waals surface area contributed by atoms with Crippen LogP contribution in [0.3, 0.4) is 0 Å². The van der Waals surface area contributed by atoms with Gasteiger partial charge < -0.3 is 5.32 Å². The number of nitrogens with one attached hydrogen (secondary N) is 1. The van der Waals surface area contributed by atoms with Gasteiger partial charge >= 0.3 is 0 Å². The monoisotopic (exact) mass is 468 g/mol. The van der Waals surface area contributed by atoms with E-state index >= 15 is 0 Å². The standard InChI is InChI=1S/C20H15Cl3N2O3S/c21-14-4-8-17(9-5-14)24-20(26)13-25(18-3-1-2-16(23)12-18)29(27,28)19-10-6-15(22)7-11-19/h1-12H,13H2,(H,24,26). The lowest BCUT2D eigenvalue weighted by Crippen LogP contribution is -2.38. The Balaban J connectivity index is 1.93. The molecule has 0 bridgehead atoms. The molecule has 0 fully saturated rings. The van der Waals surface area contributed by atoms with Crippen LogP contribution in [0, 0.1) is 0 Å². The first kappa shape index (κ1) is 21.5. The number of carbonyl (C=O) groups is 1. The second-order valence-corrected chi connectivity index (χ2v) is 9.17.